The Labute approximate surface area is 388 Å². The molecule has 0 saturated heterocycles. The summed E-state index contributed by atoms with van der Waals surface area (Å²) in [5.41, 5.74) is 16.4. The van der Waals surface area contributed by atoms with Gasteiger partial charge >= 0.3 is 0 Å². The van der Waals surface area contributed by atoms with Crippen molar-refractivity contribution in [2.45, 2.75) is 38.5 Å². The topological polar surface area (TPSA) is 3.24 Å². The van der Waals surface area contributed by atoms with Gasteiger partial charge in [0.05, 0.1) is 11.4 Å². The van der Waals surface area contributed by atoms with Gasteiger partial charge in [-0.25, -0.2) is 0 Å². The fourth-order valence-electron chi connectivity index (χ4n) is 12.3. The molecule has 1 nitrogen and oxygen atoms in total. The monoisotopic (exact) mass is 859 g/mol. The molecule has 312 valence electrons. The molecule has 0 aliphatic heterocycles. The van der Waals surface area contributed by atoms with Crippen LogP contribution in [0.4, 0.5) is 17.1 Å². The molecule has 66 heavy (non-hydrogen) atoms. The number of rotatable bonds is 4. The summed E-state index contributed by atoms with van der Waals surface area (Å²) in [7, 11) is 0. The van der Waals surface area contributed by atoms with E-state index in [0.29, 0.717) is 0 Å². The summed E-state index contributed by atoms with van der Waals surface area (Å²) in [4.78, 5) is 2.64. The van der Waals surface area contributed by atoms with Crippen molar-refractivity contribution < 1.29 is 0 Å². The third-order valence-electron chi connectivity index (χ3n) is 15.4. The molecular formula is C64H45NS. The van der Waals surface area contributed by atoms with Crippen LogP contribution in [0.5, 0.6) is 0 Å². The van der Waals surface area contributed by atoms with Crippen LogP contribution in [0.15, 0.2) is 200 Å². The molecule has 2 heteroatoms. The van der Waals surface area contributed by atoms with E-state index < -0.39 is 0 Å². The van der Waals surface area contributed by atoms with Crippen molar-refractivity contribution in [1.29, 1.82) is 0 Å². The number of benzene rings is 11. The van der Waals surface area contributed by atoms with Crippen LogP contribution >= 0.6 is 11.3 Å². The average molecular weight is 860 g/mol. The third kappa shape index (κ3) is 5.00. The number of thiophene rings is 1. The van der Waals surface area contributed by atoms with Gasteiger partial charge in [0.1, 0.15) is 0 Å². The zero-order chi connectivity index (χ0) is 44.1. The minimum atomic E-state index is -0.173. The van der Waals surface area contributed by atoms with Gasteiger partial charge in [-0.3, -0.25) is 0 Å². The Bertz CT molecular complexity index is 4030. The molecule has 2 aliphatic carbocycles. The minimum Gasteiger partial charge on any atom is -0.309 e. The molecule has 0 unspecified atom stereocenters. The Morgan fingerprint density at radius 1 is 0.333 bits per heavy atom. The maximum Gasteiger partial charge on any atom is 0.0547 e. The predicted octanol–water partition coefficient (Wildman–Crippen LogP) is 18.4. The van der Waals surface area contributed by atoms with Gasteiger partial charge in [0.25, 0.3) is 0 Å². The van der Waals surface area contributed by atoms with Gasteiger partial charge in [-0.05, 0) is 101 Å². The highest BCUT2D eigenvalue weighted by atomic mass is 32.1. The molecule has 11 aromatic carbocycles. The van der Waals surface area contributed by atoms with Crippen LogP contribution in [0, 0.1) is 0 Å². The summed E-state index contributed by atoms with van der Waals surface area (Å²) >= 11 is 1.94. The van der Waals surface area contributed by atoms with Crippen LogP contribution in [0.25, 0.3) is 96.6 Å². The number of hydrogen-bond donors (Lipinski definition) is 0. The largest absolute Gasteiger partial charge is 0.309 e. The van der Waals surface area contributed by atoms with Crippen LogP contribution in [-0.2, 0) is 10.8 Å². The van der Waals surface area contributed by atoms with Crippen LogP contribution in [-0.4, -0.2) is 0 Å². The quantitative estimate of drug-likeness (QED) is 0.159. The van der Waals surface area contributed by atoms with Gasteiger partial charge in [0.15, 0.2) is 0 Å². The minimum absolute atomic E-state index is 0.165. The number of fused-ring (bicyclic) bond motifs is 17. The normalized spacial score (nSPS) is 14.3. The highest BCUT2D eigenvalue weighted by Gasteiger charge is 2.40. The van der Waals surface area contributed by atoms with E-state index in [1.165, 1.54) is 130 Å². The van der Waals surface area contributed by atoms with Crippen molar-refractivity contribution in [3.05, 3.63) is 222 Å². The summed E-state index contributed by atoms with van der Waals surface area (Å²) in [6, 6.07) is 75.9. The molecule has 1 heterocycles. The number of nitrogens with zero attached hydrogens (tertiary/aromatic N) is 1. The summed E-state index contributed by atoms with van der Waals surface area (Å²) in [6.45, 7) is 9.58. The maximum absolute atomic E-state index is 2.64. The molecule has 2 aliphatic rings. The van der Waals surface area contributed by atoms with Crippen molar-refractivity contribution in [3.63, 3.8) is 0 Å². The molecule has 0 radical (unpaired) electrons. The summed E-state index contributed by atoms with van der Waals surface area (Å²) in [5, 5.41) is 12.8. The zero-order valence-electron chi connectivity index (χ0n) is 37.4. The highest BCUT2D eigenvalue weighted by molar-refractivity contribution is 7.27. The molecule has 0 N–H and O–H groups in total. The van der Waals surface area contributed by atoms with Crippen molar-refractivity contribution in [1.82, 2.24) is 0 Å². The average Bonchev–Trinajstić information content (AvgIpc) is 3.94. The summed E-state index contributed by atoms with van der Waals surface area (Å²) < 4.78 is 2.65. The molecule has 0 atom stereocenters. The first-order valence-corrected chi connectivity index (χ1v) is 24.1. The van der Waals surface area contributed by atoms with Crippen LogP contribution in [0.1, 0.15) is 49.9 Å². The van der Waals surface area contributed by atoms with E-state index in [9.17, 15) is 0 Å². The molecule has 0 bridgehead atoms. The maximum atomic E-state index is 2.64. The summed E-state index contributed by atoms with van der Waals surface area (Å²) in [5.74, 6) is 0. The van der Waals surface area contributed by atoms with Gasteiger partial charge in [-0.2, -0.15) is 0 Å². The van der Waals surface area contributed by atoms with Crippen molar-refractivity contribution in [2.24, 2.45) is 0 Å². The highest BCUT2D eigenvalue weighted by Crippen LogP contribution is 2.58. The molecule has 0 spiro atoms. The van der Waals surface area contributed by atoms with E-state index in [-0.39, 0.29) is 10.8 Å². The SMILES string of the molecule is CC1(C)c2ccccc2-c2ccc(N(c3cccc4c3-c3ccccc3C4(C)C)c3ccc4c5ccccc5c5ccccc5c4c3-c3cccc4c3sc3c5ccccc5ccc43)cc21. The van der Waals surface area contributed by atoms with Crippen molar-refractivity contribution >= 4 is 91.7 Å². The van der Waals surface area contributed by atoms with E-state index in [2.05, 4.69) is 233 Å². The smallest absolute Gasteiger partial charge is 0.0547 e. The van der Waals surface area contributed by atoms with Crippen LogP contribution in [0.3, 0.4) is 0 Å². The van der Waals surface area contributed by atoms with Gasteiger partial charge in [-0.1, -0.05) is 204 Å². The molecule has 0 amide bonds. The number of hydrogen-bond acceptors (Lipinski definition) is 2. The Kier molecular flexibility index (Phi) is 7.74. The standard InChI is InChI=1S/C64H45NS/c1-63(2)53-28-14-12-24-50(53)59-54(63)29-16-30-56(59)65(39-32-34-45-44-22-11-13-27-52(44)64(3,4)55(45)37-39)57-36-35-47-43-21-8-7-19-41(43)42-20-9-10-23-46(42)58(47)60(57)51-26-15-25-48-49-33-31-38-17-5-6-18-40(38)61(49)66-62(48)51/h5-37H,1-4H3. The first kappa shape index (κ1) is 37.8. The van der Waals surface area contributed by atoms with Gasteiger partial charge in [0, 0.05) is 58.8 Å². The van der Waals surface area contributed by atoms with E-state index >= 15 is 0 Å². The lowest BCUT2D eigenvalue weighted by Crippen LogP contribution is -2.18. The predicted molar refractivity (Wildman–Crippen MR) is 285 cm³/mol. The number of anilines is 3. The lowest BCUT2D eigenvalue weighted by Gasteiger charge is -2.32. The Balaban J connectivity index is 1.17. The fourth-order valence-corrected chi connectivity index (χ4v) is 13.7. The second-order valence-corrected chi connectivity index (χ2v) is 20.5. The van der Waals surface area contributed by atoms with E-state index in [0.717, 1.165) is 5.69 Å². The van der Waals surface area contributed by atoms with E-state index in [4.69, 9.17) is 0 Å². The van der Waals surface area contributed by atoms with Crippen molar-refractivity contribution in [2.75, 3.05) is 4.90 Å². The van der Waals surface area contributed by atoms with Crippen LogP contribution in [0.2, 0.25) is 0 Å². The molecule has 0 fully saturated rings. The Morgan fingerprint density at radius 2 is 0.848 bits per heavy atom. The Hall–Kier alpha value is -7.52. The van der Waals surface area contributed by atoms with Gasteiger partial charge in [-0.15, -0.1) is 11.3 Å². The van der Waals surface area contributed by atoms with Crippen LogP contribution < -0.4 is 4.90 Å². The summed E-state index contributed by atoms with van der Waals surface area (Å²) in [6.07, 6.45) is 0. The van der Waals surface area contributed by atoms with Gasteiger partial charge < -0.3 is 4.90 Å². The second kappa shape index (κ2) is 13.5. The molecular weight excluding hydrogens is 815 g/mol. The van der Waals surface area contributed by atoms with Crippen molar-refractivity contribution in [3.8, 4) is 33.4 Å². The lowest BCUT2D eigenvalue weighted by molar-refractivity contribution is 0.660. The molecule has 1 aromatic heterocycles. The molecule has 0 saturated carbocycles. The zero-order valence-corrected chi connectivity index (χ0v) is 38.2. The third-order valence-corrected chi connectivity index (χ3v) is 16.7. The first-order chi connectivity index (χ1) is 32.3. The molecule has 14 rings (SSSR count). The van der Waals surface area contributed by atoms with E-state index in [1.807, 2.05) is 11.3 Å². The molecule has 12 aromatic rings. The lowest BCUT2D eigenvalue weighted by atomic mass is 9.82. The fraction of sp³-hybridized carbons (Fsp3) is 0.0938. The van der Waals surface area contributed by atoms with E-state index in [1.54, 1.807) is 0 Å². The first-order valence-electron chi connectivity index (χ1n) is 23.3. The second-order valence-electron chi connectivity index (χ2n) is 19.5. The Morgan fingerprint density at radius 3 is 1.64 bits per heavy atom. The van der Waals surface area contributed by atoms with Gasteiger partial charge in [0.2, 0.25) is 0 Å².